The summed E-state index contributed by atoms with van der Waals surface area (Å²) in [5, 5.41) is 16.6. The molecule has 1 amide bonds. The maximum absolute atomic E-state index is 12.2. The van der Waals surface area contributed by atoms with Gasteiger partial charge in [-0.3, -0.25) is 9.59 Å². The number of amides is 1. The van der Waals surface area contributed by atoms with Crippen molar-refractivity contribution in [3.05, 3.63) is 27.1 Å². The Hall–Kier alpha value is -1.85. The molecule has 3 heterocycles. The molecule has 0 aliphatic heterocycles. The van der Waals surface area contributed by atoms with Crippen LogP contribution in [0.4, 0.5) is 5.13 Å². The zero-order valence-corrected chi connectivity index (χ0v) is 16.6. The normalized spacial score (nSPS) is 14.3. The molecule has 0 atom stereocenters. The Bertz CT molecular complexity index is 1020. The van der Waals surface area contributed by atoms with Crippen molar-refractivity contribution in [3.8, 4) is 0 Å². The third kappa shape index (κ3) is 3.79. The number of anilines is 1. The molecular formula is C15H16N6O2S3. The van der Waals surface area contributed by atoms with E-state index in [-0.39, 0.29) is 17.4 Å². The summed E-state index contributed by atoms with van der Waals surface area (Å²) in [6, 6.07) is 1.51. The molecule has 1 aliphatic carbocycles. The molecule has 0 spiro atoms. The number of hydrogen-bond donors (Lipinski definition) is 1. The number of fused-ring (bicyclic) bond motifs is 1. The molecule has 136 valence electrons. The average molecular weight is 409 g/mol. The van der Waals surface area contributed by atoms with Gasteiger partial charge in [0.05, 0.1) is 5.69 Å². The molecule has 0 unspecified atom stereocenters. The van der Waals surface area contributed by atoms with Gasteiger partial charge in [0.25, 0.3) is 5.56 Å². The molecule has 0 saturated heterocycles. The number of nitrogens with one attached hydrogen (secondary N) is 1. The molecule has 0 aromatic carbocycles. The molecule has 3 aromatic rings. The van der Waals surface area contributed by atoms with E-state index in [0.29, 0.717) is 31.8 Å². The highest BCUT2D eigenvalue weighted by Gasteiger charge is 2.28. The monoisotopic (exact) mass is 408 g/mol. The zero-order valence-electron chi connectivity index (χ0n) is 14.1. The summed E-state index contributed by atoms with van der Waals surface area (Å²) in [5.74, 6) is 0.808. The van der Waals surface area contributed by atoms with Crippen molar-refractivity contribution in [2.45, 2.75) is 42.7 Å². The summed E-state index contributed by atoms with van der Waals surface area (Å²) >= 11 is 4.24. The first-order valence-corrected chi connectivity index (χ1v) is 10.8. The molecule has 1 saturated carbocycles. The second-order valence-electron chi connectivity index (χ2n) is 6.30. The zero-order chi connectivity index (χ0) is 18.3. The summed E-state index contributed by atoms with van der Waals surface area (Å²) in [6.45, 7) is 3.64. The first kappa shape index (κ1) is 17.6. The van der Waals surface area contributed by atoms with Gasteiger partial charge in [0.15, 0.2) is 4.34 Å². The van der Waals surface area contributed by atoms with Gasteiger partial charge in [0, 0.05) is 23.7 Å². The second-order valence-corrected chi connectivity index (χ2v) is 9.49. The lowest BCUT2D eigenvalue weighted by molar-refractivity contribution is -0.118. The summed E-state index contributed by atoms with van der Waals surface area (Å²) in [5.41, 5.74) is 0.532. The molecule has 11 heteroatoms. The number of rotatable bonds is 6. The van der Waals surface area contributed by atoms with Gasteiger partial charge in [-0.25, -0.2) is 4.98 Å². The van der Waals surface area contributed by atoms with E-state index >= 15 is 0 Å². The maximum atomic E-state index is 12.2. The van der Waals surface area contributed by atoms with E-state index in [9.17, 15) is 9.59 Å². The van der Waals surface area contributed by atoms with Gasteiger partial charge in [-0.2, -0.15) is 9.61 Å². The lowest BCUT2D eigenvalue weighted by atomic mass is 10.2. The van der Waals surface area contributed by atoms with Gasteiger partial charge in [-0.05, 0) is 12.8 Å². The summed E-state index contributed by atoms with van der Waals surface area (Å²) in [4.78, 5) is 29.1. The lowest BCUT2D eigenvalue weighted by Gasteiger charge is -2.02. The SMILES string of the molecule is CC(C)C(=O)Nc1nnc(SCc2cc(=O)n3nc(C4CC4)sc3n2)s1. The van der Waals surface area contributed by atoms with Crippen LogP contribution < -0.4 is 10.9 Å². The predicted molar refractivity (Wildman–Crippen MR) is 102 cm³/mol. The van der Waals surface area contributed by atoms with Crippen LogP contribution >= 0.6 is 34.4 Å². The van der Waals surface area contributed by atoms with E-state index in [1.807, 2.05) is 13.8 Å². The van der Waals surface area contributed by atoms with Crippen molar-refractivity contribution in [1.82, 2.24) is 24.8 Å². The third-order valence-corrected chi connectivity index (χ3v) is 6.82. The number of nitrogens with zero attached hydrogens (tertiary/aromatic N) is 5. The van der Waals surface area contributed by atoms with Crippen LogP contribution in [0.15, 0.2) is 15.2 Å². The molecule has 26 heavy (non-hydrogen) atoms. The van der Waals surface area contributed by atoms with Crippen molar-refractivity contribution < 1.29 is 4.79 Å². The van der Waals surface area contributed by atoms with E-state index in [0.717, 1.165) is 17.8 Å². The Morgan fingerprint density at radius 3 is 2.92 bits per heavy atom. The minimum atomic E-state index is -0.157. The largest absolute Gasteiger partial charge is 0.300 e. The second kappa shape index (κ2) is 7.05. The van der Waals surface area contributed by atoms with Crippen molar-refractivity contribution in [1.29, 1.82) is 0 Å². The molecule has 8 nitrogen and oxygen atoms in total. The van der Waals surface area contributed by atoms with Gasteiger partial charge in [0.1, 0.15) is 5.01 Å². The lowest BCUT2D eigenvalue weighted by Crippen LogP contribution is -2.17. The molecule has 1 N–H and O–H groups in total. The van der Waals surface area contributed by atoms with Crippen LogP contribution in [0.3, 0.4) is 0 Å². The highest BCUT2D eigenvalue weighted by Crippen LogP contribution is 2.41. The van der Waals surface area contributed by atoms with Gasteiger partial charge in [-0.15, -0.1) is 10.2 Å². The first-order valence-electron chi connectivity index (χ1n) is 8.16. The molecule has 1 fully saturated rings. The number of thioether (sulfide) groups is 1. The molecule has 0 radical (unpaired) electrons. The fraction of sp³-hybridized carbons (Fsp3) is 0.467. The Kier molecular flexibility index (Phi) is 4.76. The van der Waals surface area contributed by atoms with Crippen LogP contribution in [0.1, 0.15) is 43.3 Å². The van der Waals surface area contributed by atoms with E-state index in [4.69, 9.17) is 0 Å². The smallest absolute Gasteiger partial charge is 0.275 e. The minimum absolute atomic E-state index is 0.0884. The summed E-state index contributed by atoms with van der Waals surface area (Å²) < 4.78 is 2.10. The van der Waals surface area contributed by atoms with Gasteiger partial charge in [0.2, 0.25) is 16.0 Å². The Labute approximate surface area is 161 Å². The summed E-state index contributed by atoms with van der Waals surface area (Å²) in [6.07, 6.45) is 2.29. The number of carbonyl (C=O) groups is 1. The van der Waals surface area contributed by atoms with Gasteiger partial charge in [-0.1, -0.05) is 48.3 Å². The van der Waals surface area contributed by atoms with E-state index < -0.39 is 0 Å². The number of carbonyl (C=O) groups excluding carboxylic acids is 1. The minimum Gasteiger partial charge on any atom is -0.300 e. The van der Waals surface area contributed by atoms with Crippen LogP contribution in [0.5, 0.6) is 0 Å². The topological polar surface area (TPSA) is 102 Å². The van der Waals surface area contributed by atoms with Crippen LogP contribution in [-0.4, -0.2) is 30.7 Å². The standard InChI is InChI=1S/C15H16N6O2S3/c1-7(2)11(23)17-13-18-19-15(26-13)24-6-9-5-10(22)21-14(16-9)25-12(20-21)8-3-4-8/h5,7-8H,3-4,6H2,1-2H3,(H,17,18,23). The van der Waals surface area contributed by atoms with Crippen molar-refractivity contribution >= 4 is 50.4 Å². The highest BCUT2D eigenvalue weighted by molar-refractivity contribution is 8.00. The molecule has 4 rings (SSSR count). The third-order valence-electron chi connectivity index (χ3n) is 3.74. The van der Waals surface area contributed by atoms with Gasteiger partial charge < -0.3 is 5.32 Å². The molecular weight excluding hydrogens is 392 g/mol. The molecule has 0 bridgehead atoms. The van der Waals surface area contributed by atoms with Crippen LogP contribution in [0, 0.1) is 5.92 Å². The predicted octanol–water partition coefficient (Wildman–Crippen LogP) is 2.77. The van der Waals surface area contributed by atoms with Crippen molar-refractivity contribution in [2.75, 3.05) is 5.32 Å². The molecule has 3 aromatic heterocycles. The van der Waals surface area contributed by atoms with Crippen LogP contribution in [0.2, 0.25) is 0 Å². The Balaban J connectivity index is 1.45. The van der Waals surface area contributed by atoms with Gasteiger partial charge >= 0.3 is 0 Å². The van der Waals surface area contributed by atoms with Crippen molar-refractivity contribution in [2.24, 2.45) is 5.92 Å². The van der Waals surface area contributed by atoms with Crippen molar-refractivity contribution in [3.63, 3.8) is 0 Å². The number of hydrogen-bond acceptors (Lipinski definition) is 9. The number of aromatic nitrogens is 5. The fourth-order valence-corrected chi connectivity index (χ4v) is 4.88. The average Bonchev–Trinajstić information content (AvgIpc) is 3.20. The Morgan fingerprint density at radius 2 is 2.19 bits per heavy atom. The quantitative estimate of drug-likeness (QED) is 0.494. The Morgan fingerprint density at radius 1 is 1.38 bits per heavy atom. The van der Waals surface area contributed by atoms with E-state index in [1.54, 1.807) is 0 Å². The van der Waals surface area contributed by atoms with E-state index in [1.165, 1.54) is 45.0 Å². The first-order chi connectivity index (χ1) is 12.5. The highest BCUT2D eigenvalue weighted by atomic mass is 32.2. The fourth-order valence-electron chi connectivity index (χ4n) is 2.14. The maximum Gasteiger partial charge on any atom is 0.275 e. The van der Waals surface area contributed by atoms with Crippen LogP contribution in [0.25, 0.3) is 4.96 Å². The van der Waals surface area contributed by atoms with Crippen LogP contribution in [-0.2, 0) is 10.5 Å². The summed E-state index contributed by atoms with van der Waals surface area (Å²) in [7, 11) is 0. The van der Waals surface area contributed by atoms with E-state index in [2.05, 4.69) is 25.6 Å². The molecule has 1 aliphatic rings.